The summed E-state index contributed by atoms with van der Waals surface area (Å²) in [5.74, 6) is 0.512. The minimum absolute atomic E-state index is 0.227. The van der Waals surface area contributed by atoms with E-state index in [1.54, 1.807) is 31.4 Å². The van der Waals surface area contributed by atoms with Gasteiger partial charge in [-0.2, -0.15) is 4.80 Å². The maximum absolute atomic E-state index is 12.0. The Morgan fingerprint density at radius 3 is 2.44 bits per heavy atom. The van der Waals surface area contributed by atoms with Crippen LogP contribution in [0.3, 0.4) is 0 Å². The number of aromatic nitrogens is 4. The highest BCUT2D eigenvalue weighted by Gasteiger charge is 2.12. The van der Waals surface area contributed by atoms with Crippen molar-refractivity contribution in [1.29, 1.82) is 0 Å². The minimum atomic E-state index is -0.649. The van der Waals surface area contributed by atoms with E-state index >= 15 is 0 Å². The molecular weight excluding hydrogens is 348 g/mol. The molecule has 2 aromatic carbocycles. The number of anilines is 1. The molecule has 9 nitrogen and oxygen atoms in total. The summed E-state index contributed by atoms with van der Waals surface area (Å²) in [6, 6.07) is 13.7. The van der Waals surface area contributed by atoms with E-state index in [0.29, 0.717) is 17.3 Å². The summed E-state index contributed by atoms with van der Waals surface area (Å²) in [6.45, 7) is 1.75. The van der Waals surface area contributed by atoms with Gasteiger partial charge in [-0.25, -0.2) is 4.79 Å². The molecule has 0 saturated heterocycles. The molecular formula is C18H18N6O3. The Balaban J connectivity index is 1.54. The lowest BCUT2D eigenvalue weighted by Crippen LogP contribution is -2.37. The first-order chi connectivity index (χ1) is 13.0. The summed E-state index contributed by atoms with van der Waals surface area (Å²) in [6.07, 6.45) is 0. The smallest absolute Gasteiger partial charge is 0.325 e. The largest absolute Gasteiger partial charge is 0.497 e. The zero-order valence-corrected chi connectivity index (χ0v) is 14.8. The number of aryl methyl sites for hydroxylation is 1. The Labute approximate surface area is 155 Å². The summed E-state index contributed by atoms with van der Waals surface area (Å²) >= 11 is 0. The van der Waals surface area contributed by atoms with Gasteiger partial charge in [0, 0.05) is 11.3 Å². The lowest BCUT2D eigenvalue weighted by atomic mass is 10.1. The van der Waals surface area contributed by atoms with Crippen LogP contribution in [0.1, 0.15) is 5.56 Å². The topological polar surface area (TPSA) is 111 Å². The lowest BCUT2D eigenvalue weighted by Gasteiger charge is -2.07. The van der Waals surface area contributed by atoms with E-state index in [1.165, 1.54) is 0 Å². The monoisotopic (exact) mass is 366 g/mol. The molecule has 138 valence electrons. The quantitative estimate of drug-likeness (QED) is 0.714. The predicted molar refractivity (Wildman–Crippen MR) is 98.1 cm³/mol. The number of carbonyl (C=O) groups excluding carboxylic acids is 2. The summed E-state index contributed by atoms with van der Waals surface area (Å²) in [7, 11) is 1.55. The fraction of sp³-hybridized carbons (Fsp3) is 0.167. The average molecular weight is 366 g/mol. The number of nitrogens with one attached hydrogen (secondary N) is 2. The number of imide groups is 1. The van der Waals surface area contributed by atoms with E-state index in [-0.39, 0.29) is 6.54 Å². The van der Waals surface area contributed by atoms with Crippen LogP contribution in [-0.4, -0.2) is 39.3 Å². The lowest BCUT2D eigenvalue weighted by molar-refractivity contribution is -0.120. The first kappa shape index (κ1) is 18.1. The summed E-state index contributed by atoms with van der Waals surface area (Å²) in [5, 5.41) is 16.7. The number of tetrazole rings is 1. The number of hydrogen-bond acceptors (Lipinski definition) is 6. The number of methoxy groups -OCH3 is 1. The molecule has 2 N–H and O–H groups in total. The van der Waals surface area contributed by atoms with E-state index in [4.69, 9.17) is 4.74 Å². The first-order valence-electron chi connectivity index (χ1n) is 8.13. The summed E-state index contributed by atoms with van der Waals surface area (Å²) in [4.78, 5) is 25.0. The van der Waals surface area contributed by atoms with Crippen molar-refractivity contribution in [3.63, 3.8) is 0 Å². The van der Waals surface area contributed by atoms with Gasteiger partial charge in [-0.05, 0) is 36.4 Å². The van der Waals surface area contributed by atoms with Crippen LogP contribution in [0.25, 0.3) is 11.4 Å². The van der Waals surface area contributed by atoms with Crippen LogP contribution in [0.5, 0.6) is 5.75 Å². The fourth-order valence-corrected chi connectivity index (χ4v) is 2.26. The molecule has 0 unspecified atom stereocenters. The molecule has 3 rings (SSSR count). The molecule has 0 aliphatic carbocycles. The van der Waals surface area contributed by atoms with E-state index in [2.05, 4.69) is 26.0 Å². The van der Waals surface area contributed by atoms with Crippen LogP contribution in [0.4, 0.5) is 10.5 Å². The molecule has 0 saturated carbocycles. The molecule has 0 spiro atoms. The van der Waals surface area contributed by atoms with Crippen molar-refractivity contribution in [2.24, 2.45) is 0 Å². The van der Waals surface area contributed by atoms with Crippen molar-refractivity contribution in [1.82, 2.24) is 25.5 Å². The normalized spacial score (nSPS) is 10.3. The Kier molecular flexibility index (Phi) is 5.41. The highest BCUT2D eigenvalue weighted by Crippen LogP contribution is 2.15. The van der Waals surface area contributed by atoms with Gasteiger partial charge in [-0.3, -0.25) is 10.1 Å². The van der Waals surface area contributed by atoms with Crippen LogP contribution in [0.15, 0.2) is 48.5 Å². The molecule has 0 radical (unpaired) electrons. The molecule has 3 amide bonds. The van der Waals surface area contributed by atoms with Crippen molar-refractivity contribution in [3.8, 4) is 17.1 Å². The molecule has 0 fully saturated rings. The van der Waals surface area contributed by atoms with Crippen molar-refractivity contribution < 1.29 is 14.3 Å². The third kappa shape index (κ3) is 4.88. The maximum atomic E-state index is 12.0. The van der Waals surface area contributed by atoms with Gasteiger partial charge < -0.3 is 10.1 Å². The van der Waals surface area contributed by atoms with E-state index < -0.39 is 11.9 Å². The fourth-order valence-electron chi connectivity index (χ4n) is 2.26. The third-order valence-electron chi connectivity index (χ3n) is 3.65. The number of rotatable bonds is 5. The van der Waals surface area contributed by atoms with Gasteiger partial charge in [0.05, 0.1) is 7.11 Å². The van der Waals surface area contributed by atoms with Crippen LogP contribution in [0.2, 0.25) is 0 Å². The molecule has 0 aliphatic heterocycles. The highest BCUT2D eigenvalue weighted by atomic mass is 16.5. The Morgan fingerprint density at radius 1 is 1.07 bits per heavy atom. The van der Waals surface area contributed by atoms with Crippen LogP contribution in [-0.2, 0) is 11.3 Å². The SMILES string of the molecule is COc1ccc(NC(=O)NC(=O)Cn2nnc(-c3ccc(C)cc3)n2)cc1. The van der Waals surface area contributed by atoms with Gasteiger partial charge in [0.1, 0.15) is 12.3 Å². The second kappa shape index (κ2) is 8.09. The van der Waals surface area contributed by atoms with Crippen molar-refractivity contribution in [2.45, 2.75) is 13.5 Å². The number of nitrogens with zero attached hydrogens (tertiary/aromatic N) is 4. The van der Waals surface area contributed by atoms with Crippen LogP contribution in [0, 0.1) is 6.92 Å². The molecule has 0 bridgehead atoms. The number of ether oxygens (including phenoxy) is 1. The Hall–Kier alpha value is -3.75. The van der Waals surface area contributed by atoms with Gasteiger partial charge in [-0.1, -0.05) is 29.8 Å². The van der Waals surface area contributed by atoms with Gasteiger partial charge >= 0.3 is 6.03 Å². The third-order valence-corrected chi connectivity index (χ3v) is 3.65. The van der Waals surface area contributed by atoms with Gasteiger partial charge in [0.2, 0.25) is 5.82 Å². The van der Waals surface area contributed by atoms with E-state index in [1.807, 2.05) is 31.2 Å². The first-order valence-corrected chi connectivity index (χ1v) is 8.13. The van der Waals surface area contributed by atoms with Crippen molar-refractivity contribution in [3.05, 3.63) is 54.1 Å². The van der Waals surface area contributed by atoms with Gasteiger partial charge in [-0.15, -0.1) is 10.2 Å². The van der Waals surface area contributed by atoms with Gasteiger partial charge in [0.15, 0.2) is 0 Å². The predicted octanol–water partition coefficient (Wildman–Crippen LogP) is 2.01. The number of carbonyl (C=O) groups is 2. The van der Waals surface area contributed by atoms with Crippen LogP contribution < -0.4 is 15.4 Å². The van der Waals surface area contributed by atoms with Gasteiger partial charge in [0.25, 0.3) is 5.91 Å². The Bertz CT molecular complexity index is 934. The molecule has 9 heteroatoms. The Morgan fingerprint density at radius 2 is 1.78 bits per heavy atom. The maximum Gasteiger partial charge on any atom is 0.325 e. The van der Waals surface area contributed by atoms with E-state index in [0.717, 1.165) is 15.9 Å². The molecule has 0 aliphatic rings. The number of urea groups is 1. The summed E-state index contributed by atoms with van der Waals surface area (Å²) in [5.41, 5.74) is 2.44. The molecule has 27 heavy (non-hydrogen) atoms. The molecule has 3 aromatic rings. The van der Waals surface area contributed by atoms with Crippen molar-refractivity contribution in [2.75, 3.05) is 12.4 Å². The van der Waals surface area contributed by atoms with Crippen LogP contribution >= 0.6 is 0 Å². The zero-order valence-electron chi connectivity index (χ0n) is 14.8. The van der Waals surface area contributed by atoms with E-state index in [9.17, 15) is 9.59 Å². The standard InChI is InChI=1S/C18H18N6O3/c1-12-3-5-13(6-4-12)17-21-23-24(22-17)11-16(25)20-18(26)19-14-7-9-15(27-2)10-8-14/h3-10H,11H2,1-2H3,(H2,19,20,25,26). The minimum Gasteiger partial charge on any atom is -0.497 e. The zero-order chi connectivity index (χ0) is 19.2. The number of hydrogen-bond donors (Lipinski definition) is 2. The average Bonchev–Trinajstić information content (AvgIpc) is 3.11. The summed E-state index contributed by atoms with van der Waals surface area (Å²) < 4.78 is 5.04. The molecule has 1 aromatic heterocycles. The second-order valence-corrected chi connectivity index (χ2v) is 5.74. The molecule has 1 heterocycles. The highest BCUT2D eigenvalue weighted by molar-refractivity contribution is 6.01. The number of benzene rings is 2. The molecule has 0 atom stereocenters. The van der Waals surface area contributed by atoms with Crippen molar-refractivity contribution >= 4 is 17.6 Å². The second-order valence-electron chi connectivity index (χ2n) is 5.74. The number of amides is 3.